The Labute approximate surface area is 206 Å². The number of fused-ring (bicyclic) bond motifs is 2. The van der Waals surface area contributed by atoms with Gasteiger partial charge in [0.15, 0.2) is 16.3 Å². The van der Waals surface area contributed by atoms with E-state index >= 15 is 0 Å². The molecule has 6 nitrogen and oxygen atoms in total. The first kappa shape index (κ1) is 24.1. The van der Waals surface area contributed by atoms with Crippen molar-refractivity contribution in [1.82, 2.24) is 5.59 Å². The number of Topliss-reactive ketones (excluding diaryl/α,β-unsaturated/α-hetero) is 1. The van der Waals surface area contributed by atoms with Crippen molar-refractivity contribution >= 4 is 50.6 Å². The number of thiol groups is 1. The maximum Gasteiger partial charge on any atom is 0.186 e. The normalized spacial score (nSPS) is 11.1. The molecule has 2 aromatic carbocycles. The zero-order valence-corrected chi connectivity index (χ0v) is 20.5. The monoisotopic (exact) mass is 492 g/mol. The maximum atomic E-state index is 12.1. The van der Waals surface area contributed by atoms with Crippen LogP contribution in [0.25, 0.3) is 31.7 Å². The van der Waals surface area contributed by atoms with Crippen LogP contribution in [0, 0.1) is 6.92 Å². The molecule has 174 valence electrons. The molecule has 0 amide bonds. The van der Waals surface area contributed by atoms with E-state index in [9.17, 15) is 14.4 Å². The van der Waals surface area contributed by atoms with E-state index in [-0.39, 0.29) is 16.3 Å². The lowest BCUT2D eigenvalue weighted by Crippen LogP contribution is -2.22. The fourth-order valence-corrected chi connectivity index (χ4v) is 5.16. The molecule has 0 saturated heterocycles. The smallest absolute Gasteiger partial charge is 0.186 e. The van der Waals surface area contributed by atoms with Crippen LogP contribution in [0.1, 0.15) is 35.7 Å². The summed E-state index contributed by atoms with van der Waals surface area (Å²) in [4.78, 5) is 41.0. The van der Waals surface area contributed by atoms with Gasteiger partial charge in [-0.3, -0.25) is 24.6 Å². The molecule has 0 bridgehead atoms. The number of rotatable bonds is 9. The number of ketones is 1. The van der Waals surface area contributed by atoms with Crippen molar-refractivity contribution in [2.75, 3.05) is 12.0 Å². The van der Waals surface area contributed by atoms with E-state index in [4.69, 9.17) is 4.84 Å². The number of carbonyl (C=O) groups excluding carboxylic acids is 2. The van der Waals surface area contributed by atoms with Crippen molar-refractivity contribution in [2.24, 2.45) is 0 Å². The van der Waals surface area contributed by atoms with E-state index in [1.165, 1.54) is 11.3 Å². The van der Waals surface area contributed by atoms with E-state index in [0.29, 0.717) is 25.0 Å². The largest absolute Gasteiger partial charge is 0.299 e. The summed E-state index contributed by atoms with van der Waals surface area (Å²) in [5, 5.41) is 0.874. The number of benzene rings is 3. The summed E-state index contributed by atoms with van der Waals surface area (Å²) in [6.45, 7) is 3.96. The Morgan fingerprint density at radius 2 is 1.82 bits per heavy atom. The first-order valence-electron chi connectivity index (χ1n) is 10.8. The molecular formula is C26H24N2O4S2. The molecule has 0 unspecified atom stereocenters. The van der Waals surface area contributed by atoms with Crippen LogP contribution in [0.3, 0.4) is 0 Å². The standard InChI is InChI=1S/C26H24N2O4S2/c1-15-12-18(27-28-32-11-3-4-25(31)33)6-9-20(15)26-21-8-5-17(16(2)29)13-23(21)34-24-14-19(30)7-10-22(24)26/h5-10,12-14,27-28H,3-4,11H2,1-2H3,(H,31,33). The lowest BCUT2D eigenvalue weighted by atomic mass is 9.92. The van der Waals surface area contributed by atoms with Crippen molar-refractivity contribution < 1.29 is 14.4 Å². The van der Waals surface area contributed by atoms with Gasteiger partial charge in [0.05, 0.1) is 12.3 Å². The molecule has 0 aromatic heterocycles. The van der Waals surface area contributed by atoms with Crippen molar-refractivity contribution in [1.29, 1.82) is 0 Å². The fraction of sp³-hybridized carbons (Fsp3) is 0.192. The van der Waals surface area contributed by atoms with E-state index in [0.717, 1.165) is 42.9 Å². The Hall–Kier alpha value is -3.04. The summed E-state index contributed by atoms with van der Waals surface area (Å²) in [5.74, 6) is 0.00636. The Bertz CT molecular complexity index is 1410. The minimum absolute atomic E-state index is 0.00636. The number of hydrogen-bond donors (Lipinski definition) is 3. The average molecular weight is 493 g/mol. The van der Waals surface area contributed by atoms with E-state index in [1.807, 2.05) is 49.4 Å². The van der Waals surface area contributed by atoms with Crippen LogP contribution in [0.4, 0.5) is 5.69 Å². The van der Waals surface area contributed by atoms with Crippen molar-refractivity contribution in [3.05, 3.63) is 75.9 Å². The highest BCUT2D eigenvalue weighted by Gasteiger charge is 2.18. The Morgan fingerprint density at radius 3 is 2.56 bits per heavy atom. The van der Waals surface area contributed by atoms with Gasteiger partial charge in [0.1, 0.15) is 0 Å². The highest BCUT2D eigenvalue weighted by molar-refractivity contribution is 7.96. The Balaban J connectivity index is 1.69. The van der Waals surface area contributed by atoms with E-state index in [2.05, 4.69) is 23.6 Å². The third-order valence-corrected chi connectivity index (χ3v) is 6.84. The minimum Gasteiger partial charge on any atom is -0.299 e. The van der Waals surface area contributed by atoms with Crippen molar-refractivity contribution in [3.8, 4) is 21.6 Å². The Morgan fingerprint density at radius 1 is 1.03 bits per heavy atom. The quantitative estimate of drug-likeness (QED) is 0.0923. The number of hydrogen-bond acceptors (Lipinski definition) is 7. The second kappa shape index (κ2) is 10.5. The summed E-state index contributed by atoms with van der Waals surface area (Å²) in [6.07, 6.45) is 0.945. The molecule has 2 aliphatic rings. The van der Waals surface area contributed by atoms with Gasteiger partial charge in [0.2, 0.25) is 0 Å². The molecule has 4 rings (SSSR count). The summed E-state index contributed by atoms with van der Waals surface area (Å²) in [6, 6.07) is 16.8. The summed E-state index contributed by atoms with van der Waals surface area (Å²) in [7, 11) is 0. The number of anilines is 1. The third kappa shape index (κ3) is 5.37. The van der Waals surface area contributed by atoms with Gasteiger partial charge >= 0.3 is 0 Å². The van der Waals surface area contributed by atoms with Gasteiger partial charge in [-0.15, -0.1) is 29.6 Å². The summed E-state index contributed by atoms with van der Waals surface area (Å²) >= 11 is 5.25. The summed E-state index contributed by atoms with van der Waals surface area (Å²) < 4.78 is 0.956. The number of nitrogens with one attached hydrogen (secondary N) is 2. The van der Waals surface area contributed by atoms with Crippen LogP contribution < -0.4 is 16.4 Å². The zero-order valence-electron chi connectivity index (χ0n) is 18.8. The second-order valence-electron chi connectivity index (χ2n) is 8.00. The molecule has 0 saturated carbocycles. The van der Waals surface area contributed by atoms with Crippen LogP contribution in [0.15, 0.2) is 59.4 Å². The van der Waals surface area contributed by atoms with Gasteiger partial charge in [-0.2, -0.15) is 0 Å². The topological polar surface area (TPSA) is 84.5 Å². The first-order valence-corrected chi connectivity index (χ1v) is 12.1. The van der Waals surface area contributed by atoms with Gasteiger partial charge in [0, 0.05) is 38.6 Å². The summed E-state index contributed by atoms with van der Waals surface area (Å²) in [5.41, 5.74) is 11.2. The van der Waals surface area contributed by atoms with Gasteiger partial charge in [0.25, 0.3) is 0 Å². The molecule has 8 heteroatoms. The second-order valence-corrected chi connectivity index (χ2v) is 9.59. The molecule has 1 aliphatic carbocycles. The van der Waals surface area contributed by atoms with E-state index < -0.39 is 0 Å². The minimum atomic E-state index is -0.159. The molecule has 0 spiro atoms. The molecule has 2 aromatic rings. The molecular weight excluding hydrogens is 468 g/mol. The van der Waals surface area contributed by atoms with Crippen LogP contribution in [0.2, 0.25) is 0 Å². The highest BCUT2D eigenvalue weighted by atomic mass is 32.1. The maximum absolute atomic E-state index is 12.1. The molecule has 0 radical (unpaired) electrons. The lowest BCUT2D eigenvalue weighted by Gasteiger charge is -2.18. The van der Waals surface area contributed by atoms with Gasteiger partial charge in [-0.1, -0.05) is 18.2 Å². The average Bonchev–Trinajstić information content (AvgIpc) is 2.79. The molecule has 0 fully saturated rings. The predicted molar refractivity (Wildman–Crippen MR) is 141 cm³/mol. The number of carbonyl (C=O) groups is 2. The number of hydrazine groups is 1. The van der Waals surface area contributed by atoms with Crippen LogP contribution in [0.5, 0.6) is 0 Å². The van der Waals surface area contributed by atoms with Crippen LogP contribution >= 0.6 is 24.0 Å². The van der Waals surface area contributed by atoms with Gasteiger partial charge < -0.3 is 0 Å². The predicted octanol–water partition coefficient (Wildman–Crippen LogP) is 5.63. The van der Waals surface area contributed by atoms with Crippen LogP contribution in [-0.2, 0) is 9.63 Å². The van der Waals surface area contributed by atoms with Gasteiger partial charge in [-0.05, 0) is 67.3 Å². The molecule has 34 heavy (non-hydrogen) atoms. The lowest BCUT2D eigenvalue weighted by molar-refractivity contribution is -0.111. The first-order chi connectivity index (χ1) is 16.3. The van der Waals surface area contributed by atoms with Crippen LogP contribution in [-0.4, -0.2) is 17.5 Å². The molecule has 2 N–H and O–H groups in total. The van der Waals surface area contributed by atoms with Crippen molar-refractivity contribution in [2.45, 2.75) is 26.7 Å². The molecule has 0 atom stereocenters. The SMILES string of the molecule is CC(=O)c1ccc2c(-c3ccc(NNOCCCC(=O)S)cc3C)c3ccc(=O)cc-3sc2c1. The van der Waals surface area contributed by atoms with Gasteiger partial charge in [-0.25, -0.2) is 0 Å². The Kier molecular flexibility index (Phi) is 7.43. The molecule has 1 heterocycles. The molecule has 1 aliphatic heterocycles. The van der Waals surface area contributed by atoms with E-state index in [1.54, 1.807) is 19.1 Å². The highest BCUT2D eigenvalue weighted by Crippen LogP contribution is 2.44. The number of aryl methyl sites for hydroxylation is 1. The zero-order chi connectivity index (χ0) is 24.2. The van der Waals surface area contributed by atoms with Crippen molar-refractivity contribution in [3.63, 3.8) is 0 Å². The third-order valence-electron chi connectivity index (χ3n) is 5.50. The fourth-order valence-electron chi connectivity index (χ4n) is 3.84.